The van der Waals surface area contributed by atoms with Crippen LogP contribution in [-0.4, -0.2) is 19.3 Å². The molecule has 0 unspecified atom stereocenters. The van der Waals surface area contributed by atoms with Gasteiger partial charge in [0.15, 0.2) is 0 Å². The van der Waals surface area contributed by atoms with E-state index in [1.54, 1.807) is 17.5 Å². The number of nitrogens with one attached hydrogen (secondary N) is 1. The molecular formula is C20H20N3O3S2-. The van der Waals surface area contributed by atoms with Crippen LogP contribution in [-0.2, 0) is 15.4 Å². The summed E-state index contributed by atoms with van der Waals surface area (Å²) < 4.78 is 28.2. The normalized spacial score (nSPS) is 11.8. The maximum atomic E-state index is 12.4. The van der Waals surface area contributed by atoms with Crippen LogP contribution in [0.4, 0.5) is 10.8 Å². The Bertz CT molecular complexity index is 1050. The Kier molecular flexibility index (Phi) is 5.53. The molecule has 6 nitrogen and oxygen atoms in total. The maximum absolute atomic E-state index is 12.4. The molecular weight excluding hydrogens is 394 g/mol. The van der Waals surface area contributed by atoms with Crippen molar-refractivity contribution in [2.24, 2.45) is 0 Å². The van der Waals surface area contributed by atoms with Gasteiger partial charge in [0, 0.05) is 16.4 Å². The molecule has 8 heteroatoms. The molecule has 0 bridgehead atoms. The lowest BCUT2D eigenvalue weighted by atomic mass is 9.87. The fourth-order valence-corrected chi connectivity index (χ4v) is 4.12. The van der Waals surface area contributed by atoms with Crippen LogP contribution in [0.2, 0.25) is 0 Å². The summed E-state index contributed by atoms with van der Waals surface area (Å²) in [5.41, 5.74) is 2.18. The molecule has 0 radical (unpaired) electrons. The van der Waals surface area contributed by atoms with Crippen molar-refractivity contribution in [1.82, 2.24) is 4.98 Å². The molecule has 0 aliphatic heterocycles. The number of carbonyl (C=O) groups is 1. The number of carbonyl (C=O) groups excluding carboxylic acids is 1. The number of sulfonamides is 1. The van der Waals surface area contributed by atoms with Crippen molar-refractivity contribution in [2.45, 2.75) is 31.1 Å². The Balaban J connectivity index is 1.69. The number of hydrogen-bond acceptors (Lipinski definition) is 5. The van der Waals surface area contributed by atoms with Crippen molar-refractivity contribution < 1.29 is 13.2 Å². The van der Waals surface area contributed by atoms with E-state index < -0.39 is 10.0 Å². The summed E-state index contributed by atoms with van der Waals surface area (Å²) in [7, 11) is -3.84. The van der Waals surface area contributed by atoms with Gasteiger partial charge in [0.2, 0.25) is 10.0 Å². The monoisotopic (exact) mass is 414 g/mol. The summed E-state index contributed by atoms with van der Waals surface area (Å²) in [5, 5.41) is 4.60. The van der Waals surface area contributed by atoms with E-state index in [0.29, 0.717) is 11.3 Å². The molecule has 0 fully saturated rings. The van der Waals surface area contributed by atoms with E-state index >= 15 is 0 Å². The molecule has 1 aromatic heterocycles. The van der Waals surface area contributed by atoms with Crippen LogP contribution in [0.25, 0.3) is 4.72 Å². The lowest BCUT2D eigenvalue weighted by molar-refractivity contribution is 0.102. The van der Waals surface area contributed by atoms with Gasteiger partial charge in [-0.25, -0.2) is 8.42 Å². The highest BCUT2D eigenvalue weighted by Gasteiger charge is 2.15. The molecule has 3 rings (SSSR count). The van der Waals surface area contributed by atoms with Crippen LogP contribution in [0.5, 0.6) is 0 Å². The fourth-order valence-electron chi connectivity index (χ4n) is 2.45. The van der Waals surface area contributed by atoms with Crippen molar-refractivity contribution in [3.63, 3.8) is 0 Å². The van der Waals surface area contributed by atoms with Crippen LogP contribution in [0.3, 0.4) is 0 Å². The highest BCUT2D eigenvalue weighted by molar-refractivity contribution is 7.94. The second-order valence-electron chi connectivity index (χ2n) is 7.19. The van der Waals surface area contributed by atoms with E-state index in [-0.39, 0.29) is 21.3 Å². The largest absolute Gasteiger partial charge is 0.433 e. The topological polar surface area (TPSA) is 90.2 Å². The Morgan fingerprint density at radius 2 is 1.68 bits per heavy atom. The molecule has 1 heterocycles. The van der Waals surface area contributed by atoms with Crippen LogP contribution < -0.4 is 5.32 Å². The molecule has 0 atom stereocenters. The smallest absolute Gasteiger partial charge is 0.255 e. The summed E-state index contributed by atoms with van der Waals surface area (Å²) in [4.78, 5) is 16.3. The lowest BCUT2D eigenvalue weighted by Gasteiger charge is -2.19. The van der Waals surface area contributed by atoms with Gasteiger partial charge in [-0.05, 0) is 52.8 Å². The molecule has 1 amide bonds. The van der Waals surface area contributed by atoms with Crippen molar-refractivity contribution in [3.8, 4) is 0 Å². The second kappa shape index (κ2) is 7.73. The second-order valence-corrected chi connectivity index (χ2v) is 9.66. The van der Waals surface area contributed by atoms with E-state index in [0.717, 1.165) is 16.9 Å². The Labute approximate surface area is 168 Å². The molecule has 2 aromatic carbocycles. The van der Waals surface area contributed by atoms with E-state index in [1.807, 2.05) is 12.1 Å². The van der Waals surface area contributed by atoms with E-state index in [2.05, 4.69) is 35.8 Å². The van der Waals surface area contributed by atoms with Crippen LogP contribution in [0, 0.1) is 0 Å². The first kappa shape index (κ1) is 20.0. The number of rotatable bonds is 5. The van der Waals surface area contributed by atoms with Crippen molar-refractivity contribution in [1.29, 1.82) is 0 Å². The van der Waals surface area contributed by atoms with Gasteiger partial charge in [0.05, 0.1) is 4.90 Å². The minimum Gasteiger partial charge on any atom is -0.433 e. The first-order valence-electron chi connectivity index (χ1n) is 8.55. The SMILES string of the molecule is CC(C)(C)c1ccc(C(=O)Nc2ccc(S(=O)(=O)[N-]c3nccs3)cc2)cc1. The lowest BCUT2D eigenvalue weighted by Crippen LogP contribution is -2.14. The van der Waals surface area contributed by atoms with Gasteiger partial charge in [-0.1, -0.05) is 39.1 Å². The third-order valence-electron chi connectivity index (χ3n) is 4.04. The molecule has 0 aliphatic carbocycles. The molecule has 28 heavy (non-hydrogen) atoms. The first-order chi connectivity index (χ1) is 13.1. The molecule has 3 aromatic rings. The van der Waals surface area contributed by atoms with E-state index in [1.165, 1.54) is 30.5 Å². The quantitative estimate of drug-likeness (QED) is 0.630. The van der Waals surface area contributed by atoms with Gasteiger partial charge < -0.3 is 15.0 Å². The third-order valence-corrected chi connectivity index (χ3v) is 6.10. The number of thiazole rings is 1. The molecule has 0 saturated heterocycles. The van der Waals surface area contributed by atoms with Crippen LogP contribution in [0.1, 0.15) is 36.7 Å². The number of aromatic nitrogens is 1. The number of benzene rings is 2. The zero-order chi connectivity index (χ0) is 20.4. The van der Waals surface area contributed by atoms with Crippen LogP contribution in [0.15, 0.2) is 65.0 Å². The standard InChI is InChI=1S/C20H21N3O3S2/c1-20(2,3)15-6-4-14(5-7-15)18(24)22-16-8-10-17(11-9-16)28(25,26)23-19-21-12-13-27-19/h4-13H,1-3H3,(H2,21,22,23,24)/p-1. The van der Waals surface area contributed by atoms with Gasteiger partial charge in [-0.2, -0.15) is 11.3 Å². The summed E-state index contributed by atoms with van der Waals surface area (Å²) in [6.07, 6.45) is 1.49. The Morgan fingerprint density at radius 1 is 1.04 bits per heavy atom. The average Bonchev–Trinajstić information content (AvgIpc) is 3.14. The highest BCUT2D eigenvalue weighted by Crippen LogP contribution is 2.29. The predicted molar refractivity (Wildman–Crippen MR) is 112 cm³/mol. The number of hydrogen-bond donors (Lipinski definition) is 1. The minimum atomic E-state index is -3.84. The van der Waals surface area contributed by atoms with E-state index in [9.17, 15) is 13.2 Å². The van der Waals surface area contributed by atoms with Crippen LogP contribution >= 0.6 is 11.3 Å². The third kappa shape index (κ3) is 4.76. The van der Waals surface area contributed by atoms with Gasteiger partial charge in [-0.15, -0.1) is 0 Å². The van der Waals surface area contributed by atoms with Gasteiger partial charge in [-0.3, -0.25) is 4.79 Å². The average molecular weight is 415 g/mol. The minimum absolute atomic E-state index is 0.0139. The number of anilines is 1. The van der Waals surface area contributed by atoms with Crippen molar-refractivity contribution >= 4 is 38.1 Å². The molecule has 0 spiro atoms. The molecule has 1 N–H and O–H groups in total. The Hall–Kier alpha value is -2.71. The molecule has 146 valence electrons. The van der Waals surface area contributed by atoms with E-state index in [4.69, 9.17) is 0 Å². The molecule has 0 aliphatic rings. The number of amides is 1. The zero-order valence-corrected chi connectivity index (χ0v) is 17.3. The summed E-state index contributed by atoms with van der Waals surface area (Å²) >= 11 is 1.14. The highest BCUT2D eigenvalue weighted by atomic mass is 32.2. The molecule has 0 saturated carbocycles. The van der Waals surface area contributed by atoms with Crippen molar-refractivity contribution in [2.75, 3.05) is 5.32 Å². The predicted octanol–water partition coefficient (Wildman–Crippen LogP) is 5.09. The maximum Gasteiger partial charge on any atom is 0.255 e. The summed E-state index contributed by atoms with van der Waals surface area (Å²) in [6, 6.07) is 13.3. The number of nitrogens with zero attached hydrogens (tertiary/aromatic N) is 2. The zero-order valence-electron chi connectivity index (χ0n) is 15.7. The first-order valence-corrected chi connectivity index (χ1v) is 10.9. The Morgan fingerprint density at radius 3 is 2.21 bits per heavy atom. The summed E-state index contributed by atoms with van der Waals surface area (Å²) in [6.45, 7) is 6.33. The van der Waals surface area contributed by atoms with Gasteiger partial charge in [0.25, 0.3) is 5.91 Å². The summed E-state index contributed by atoms with van der Waals surface area (Å²) in [5.74, 6) is -0.261. The fraction of sp³-hybridized carbons (Fsp3) is 0.200. The van der Waals surface area contributed by atoms with Gasteiger partial charge in [0.1, 0.15) is 0 Å². The van der Waals surface area contributed by atoms with Gasteiger partial charge >= 0.3 is 0 Å². The van der Waals surface area contributed by atoms with Crippen molar-refractivity contribution in [3.05, 3.63) is 76.0 Å².